The Labute approximate surface area is 174 Å². The highest BCUT2D eigenvalue weighted by Gasteiger charge is 2.10. The molecular weight excluding hydrogens is 372 g/mol. The van der Waals surface area contributed by atoms with Crippen molar-refractivity contribution in [3.8, 4) is 11.3 Å². The van der Waals surface area contributed by atoms with E-state index in [1.54, 1.807) is 6.20 Å². The molecular formula is C25H20N4O. The number of amides is 1. The van der Waals surface area contributed by atoms with Gasteiger partial charge in [0.15, 0.2) is 0 Å². The number of carbonyl (C=O) groups excluding carboxylic acids is 1. The number of aryl methyl sites for hydroxylation is 1. The quantitative estimate of drug-likeness (QED) is 0.466. The number of hydrogen-bond acceptors (Lipinski definition) is 3. The van der Waals surface area contributed by atoms with Crippen LogP contribution in [0.25, 0.3) is 27.8 Å². The fourth-order valence-electron chi connectivity index (χ4n) is 3.71. The minimum absolute atomic E-state index is 0.0655. The molecule has 0 saturated carbocycles. The maximum absolute atomic E-state index is 12.6. The molecule has 5 rings (SSSR count). The van der Waals surface area contributed by atoms with Gasteiger partial charge in [0.1, 0.15) is 5.65 Å². The van der Waals surface area contributed by atoms with Crippen molar-refractivity contribution in [2.45, 2.75) is 13.3 Å². The molecule has 5 nitrogen and oxygen atoms in total. The molecule has 2 aromatic carbocycles. The van der Waals surface area contributed by atoms with Gasteiger partial charge in [-0.05, 0) is 42.3 Å². The Morgan fingerprint density at radius 2 is 1.83 bits per heavy atom. The Bertz CT molecular complexity index is 1360. The monoisotopic (exact) mass is 392 g/mol. The highest BCUT2D eigenvalue weighted by molar-refractivity contribution is 5.95. The number of carbonyl (C=O) groups is 1. The van der Waals surface area contributed by atoms with Crippen molar-refractivity contribution < 1.29 is 4.79 Å². The summed E-state index contributed by atoms with van der Waals surface area (Å²) in [5.41, 5.74) is 6.55. The minimum atomic E-state index is -0.0655. The van der Waals surface area contributed by atoms with Crippen LogP contribution in [0.5, 0.6) is 0 Å². The molecule has 0 saturated heterocycles. The number of fused-ring (bicyclic) bond motifs is 2. The van der Waals surface area contributed by atoms with E-state index in [-0.39, 0.29) is 12.3 Å². The minimum Gasteiger partial charge on any atom is -0.326 e. The van der Waals surface area contributed by atoms with E-state index >= 15 is 0 Å². The normalized spacial score (nSPS) is 11.1. The summed E-state index contributed by atoms with van der Waals surface area (Å²) < 4.78 is 2.03. The first-order chi connectivity index (χ1) is 14.7. The Hall–Kier alpha value is -3.99. The summed E-state index contributed by atoms with van der Waals surface area (Å²) in [4.78, 5) is 21.7. The molecule has 0 spiro atoms. The molecule has 0 aliphatic rings. The third-order valence-electron chi connectivity index (χ3n) is 5.21. The third kappa shape index (κ3) is 3.42. The number of benzene rings is 2. The van der Waals surface area contributed by atoms with E-state index < -0.39 is 0 Å². The van der Waals surface area contributed by atoms with E-state index in [0.717, 1.165) is 44.6 Å². The van der Waals surface area contributed by atoms with Crippen molar-refractivity contribution in [1.82, 2.24) is 14.4 Å². The predicted octanol–water partition coefficient (Wildman–Crippen LogP) is 5.04. The first-order valence-electron chi connectivity index (χ1n) is 9.84. The molecule has 1 amide bonds. The van der Waals surface area contributed by atoms with Crippen molar-refractivity contribution in [2.75, 3.05) is 5.32 Å². The van der Waals surface area contributed by atoms with Crippen LogP contribution in [0.4, 0.5) is 5.69 Å². The molecule has 0 aliphatic heterocycles. The van der Waals surface area contributed by atoms with Crippen LogP contribution >= 0.6 is 0 Å². The molecule has 30 heavy (non-hydrogen) atoms. The Morgan fingerprint density at radius 3 is 2.67 bits per heavy atom. The molecule has 3 aromatic heterocycles. The van der Waals surface area contributed by atoms with Gasteiger partial charge in [0.25, 0.3) is 0 Å². The van der Waals surface area contributed by atoms with Crippen LogP contribution in [-0.4, -0.2) is 20.3 Å². The number of imidazole rings is 1. The summed E-state index contributed by atoms with van der Waals surface area (Å²) in [6.45, 7) is 2.05. The lowest BCUT2D eigenvalue weighted by Gasteiger charge is -2.08. The van der Waals surface area contributed by atoms with Gasteiger partial charge in [-0.15, -0.1) is 0 Å². The molecule has 0 unspecified atom stereocenters. The summed E-state index contributed by atoms with van der Waals surface area (Å²) in [6, 6.07) is 21.6. The van der Waals surface area contributed by atoms with Gasteiger partial charge in [0.2, 0.25) is 5.91 Å². The van der Waals surface area contributed by atoms with Gasteiger partial charge >= 0.3 is 0 Å². The molecule has 5 aromatic rings. The van der Waals surface area contributed by atoms with E-state index in [9.17, 15) is 4.79 Å². The summed E-state index contributed by atoms with van der Waals surface area (Å²) in [5, 5.41) is 4.01. The molecule has 1 N–H and O–H groups in total. The van der Waals surface area contributed by atoms with Crippen LogP contribution in [0.3, 0.4) is 0 Å². The highest BCUT2D eigenvalue weighted by atomic mass is 16.1. The predicted molar refractivity (Wildman–Crippen MR) is 119 cm³/mol. The summed E-state index contributed by atoms with van der Waals surface area (Å²) >= 11 is 0. The Kier molecular flexibility index (Phi) is 4.48. The van der Waals surface area contributed by atoms with Crippen LogP contribution in [0.1, 0.15) is 11.1 Å². The Morgan fingerprint density at radius 1 is 1.00 bits per heavy atom. The number of pyridine rings is 2. The van der Waals surface area contributed by atoms with Crippen molar-refractivity contribution >= 4 is 28.1 Å². The standard InChI is InChI=1S/C25H20N4O/c1-17-5-4-14-29-16-22(28-25(17)29)18-9-11-21(12-10-18)27-23(30)15-20-7-2-6-19-8-3-13-26-24(19)20/h2-14,16H,15H2,1H3,(H,27,30). The molecule has 146 valence electrons. The molecule has 0 radical (unpaired) electrons. The van der Waals surface area contributed by atoms with Crippen LogP contribution in [0.15, 0.2) is 85.3 Å². The fourth-order valence-corrected chi connectivity index (χ4v) is 3.71. The Balaban J connectivity index is 1.33. The summed E-state index contributed by atoms with van der Waals surface area (Å²) in [6.07, 6.45) is 6.05. The van der Waals surface area contributed by atoms with E-state index in [2.05, 4.69) is 23.3 Å². The second-order valence-corrected chi connectivity index (χ2v) is 7.34. The SMILES string of the molecule is Cc1cccn2cc(-c3ccc(NC(=O)Cc4cccc5cccnc45)cc3)nc12. The first kappa shape index (κ1) is 18.1. The smallest absolute Gasteiger partial charge is 0.228 e. The summed E-state index contributed by atoms with van der Waals surface area (Å²) in [5.74, 6) is -0.0655. The number of nitrogens with zero attached hydrogens (tertiary/aromatic N) is 3. The molecule has 0 atom stereocenters. The largest absolute Gasteiger partial charge is 0.326 e. The van der Waals surface area contributed by atoms with Crippen molar-refractivity contribution in [2.24, 2.45) is 0 Å². The third-order valence-corrected chi connectivity index (χ3v) is 5.21. The van der Waals surface area contributed by atoms with Gasteiger partial charge < -0.3 is 9.72 Å². The summed E-state index contributed by atoms with van der Waals surface area (Å²) in [7, 11) is 0. The van der Waals surface area contributed by atoms with Gasteiger partial charge in [-0.1, -0.05) is 42.5 Å². The van der Waals surface area contributed by atoms with Gasteiger partial charge in [-0.2, -0.15) is 0 Å². The van der Waals surface area contributed by atoms with Crippen LogP contribution in [0, 0.1) is 6.92 Å². The van der Waals surface area contributed by atoms with Crippen LogP contribution in [0.2, 0.25) is 0 Å². The van der Waals surface area contributed by atoms with E-state index in [1.807, 2.05) is 77.5 Å². The number of para-hydroxylation sites is 1. The van der Waals surface area contributed by atoms with Crippen molar-refractivity contribution in [1.29, 1.82) is 0 Å². The maximum Gasteiger partial charge on any atom is 0.228 e. The number of rotatable bonds is 4. The zero-order valence-corrected chi connectivity index (χ0v) is 16.5. The van der Waals surface area contributed by atoms with Crippen molar-refractivity contribution in [3.05, 3.63) is 96.4 Å². The lowest BCUT2D eigenvalue weighted by Crippen LogP contribution is -2.14. The lowest BCUT2D eigenvalue weighted by molar-refractivity contribution is -0.115. The van der Waals surface area contributed by atoms with Crippen LogP contribution < -0.4 is 5.32 Å². The van der Waals surface area contributed by atoms with Crippen molar-refractivity contribution in [3.63, 3.8) is 0 Å². The molecule has 5 heteroatoms. The number of anilines is 1. The molecule has 0 aliphatic carbocycles. The van der Waals surface area contributed by atoms with Gasteiger partial charge in [0, 0.05) is 35.2 Å². The van der Waals surface area contributed by atoms with Gasteiger partial charge in [0.05, 0.1) is 17.6 Å². The second-order valence-electron chi connectivity index (χ2n) is 7.34. The second kappa shape index (κ2) is 7.44. The molecule has 3 heterocycles. The fraction of sp³-hybridized carbons (Fsp3) is 0.0800. The average Bonchev–Trinajstić information content (AvgIpc) is 3.20. The van der Waals surface area contributed by atoms with Gasteiger partial charge in [-0.25, -0.2) is 4.98 Å². The average molecular weight is 392 g/mol. The molecule has 0 fully saturated rings. The zero-order valence-electron chi connectivity index (χ0n) is 16.5. The van der Waals surface area contributed by atoms with E-state index in [1.165, 1.54) is 0 Å². The lowest BCUT2D eigenvalue weighted by atomic mass is 10.1. The number of aromatic nitrogens is 3. The zero-order chi connectivity index (χ0) is 20.5. The highest BCUT2D eigenvalue weighted by Crippen LogP contribution is 2.23. The number of hydrogen-bond donors (Lipinski definition) is 1. The maximum atomic E-state index is 12.6. The van der Waals surface area contributed by atoms with Gasteiger partial charge in [-0.3, -0.25) is 9.78 Å². The van der Waals surface area contributed by atoms with E-state index in [4.69, 9.17) is 4.98 Å². The van der Waals surface area contributed by atoms with Crippen LogP contribution in [-0.2, 0) is 11.2 Å². The topological polar surface area (TPSA) is 59.3 Å². The molecule has 0 bridgehead atoms. The number of nitrogens with one attached hydrogen (secondary N) is 1. The first-order valence-corrected chi connectivity index (χ1v) is 9.84. The van der Waals surface area contributed by atoms with E-state index in [0.29, 0.717) is 0 Å².